The second-order valence-electron chi connectivity index (χ2n) is 3.04. The van der Waals surface area contributed by atoms with Crippen molar-refractivity contribution in [2.75, 3.05) is 0 Å². The van der Waals surface area contributed by atoms with Gasteiger partial charge in [-0.05, 0) is 12.1 Å². The largest absolute Gasteiger partial charge is 0.417 e. The summed E-state index contributed by atoms with van der Waals surface area (Å²) in [5.74, 6) is 0. The molecule has 0 saturated carbocycles. The molecule has 1 aromatic heterocycles. The summed E-state index contributed by atoms with van der Waals surface area (Å²) in [5.41, 5.74) is -2.10. The van der Waals surface area contributed by atoms with Crippen LogP contribution in [0.2, 0.25) is 15.1 Å². The van der Waals surface area contributed by atoms with Crippen molar-refractivity contribution in [3.8, 4) is 0 Å². The Morgan fingerprint density at radius 3 is 2.35 bits per heavy atom. The molecule has 0 N–H and O–H groups in total. The first-order chi connectivity index (χ1) is 7.93. The molecule has 2 rings (SSSR count). The summed E-state index contributed by atoms with van der Waals surface area (Å²) in [5, 5.41) is 10.5. The van der Waals surface area contributed by atoms with Gasteiger partial charge < -0.3 is 4.42 Å². The summed E-state index contributed by atoms with van der Waals surface area (Å²) in [4.78, 5) is 21.1. The maximum atomic E-state index is 11.4. The van der Waals surface area contributed by atoms with E-state index in [0.29, 0.717) is 0 Å². The standard InChI is InChI=1S/C9H2Cl3NO4/c10-3-1-2-4(11)8-5(3)6(12)7(13(15)16)9(14)17-8/h1-2H. The van der Waals surface area contributed by atoms with Gasteiger partial charge in [0.25, 0.3) is 0 Å². The molecular weight excluding hydrogens is 292 g/mol. The van der Waals surface area contributed by atoms with Gasteiger partial charge in [0.2, 0.25) is 0 Å². The number of nitro groups is 1. The number of rotatable bonds is 1. The lowest BCUT2D eigenvalue weighted by molar-refractivity contribution is -0.387. The number of hydrogen-bond donors (Lipinski definition) is 0. The summed E-state index contributed by atoms with van der Waals surface area (Å²) < 4.78 is 4.75. The second-order valence-corrected chi connectivity index (χ2v) is 4.23. The highest BCUT2D eigenvalue weighted by Gasteiger charge is 2.25. The minimum absolute atomic E-state index is 0.0483. The molecule has 0 aliphatic carbocycles. The first-order valence-electron chi connectivity index (χ1n) is 4.18. The van der Waals surface area contributed by atoms with E-state index in [9.17, 15) is 14.9 Å². The normalized spacial score (nSPS) is 10.8. The van der Waals surface area contributed by atoms with Gasteiger partial charge in [-0.15, -0.1) is 0 Å². The van der Waals surface area contributed by atoms with Crippen molar-refractivity contribution >= 4 is 51.5 Å². The molecule has 0 saturated heterocycles. The van der Waals surface area contributed by atoms with Crippen LogP contribution in [0.1, 0.15) is 0 Å². The fourth-order valence-electron chi connectivity index (χ4n) is 1.34. The molecule has 2 aromatic rings. The van der Waals surface area contributed by atoms with Crippen LogP contribution >= 0.6 is 34.8 Å². The molecule has 0 bridgehead atoms. The zero-order valence-electron chi connectivity index (χ0n) is 7.87. The molecule has 0 amide bonds. The predicted octanol–water partition coefficient (Wildman–Crippen LogP) is 3.66. The van der Waals surface area contributed by atoms with Crippen LogP contribution in [-0.2, 0) is 0 Å². The van der Waals surface area contributed by atoms with Gasteiger partial charge in [-0.2, -0.15) is 0 Å². The molecule has 0 aliphatic heterocycles. The quantitative estimate of drug-likeness (QED) is 0.457. The average Bonchev–Trinajstić information content (AvgIpc) is 2.22. The molecule has 17 heavy (non-hydrogen) atoms. The Hall–Kier alpha value is -1.30. The van der Waals surface area contributed by atoms with E-state index in [1.54, 1.807) is 0 Å². The Bertz CT molecular complexity index is 695. The van der Waals surface area contributed by atoms with Crippen LogP contribution in [0.4, 0.5) is 5.69 Å². The summed E-state index contributed by atoms with van der Waals surface area (Å²) >= 11 is 17.4. The van der Waals surface area contributed by atoms with Gasteiger partial charge in [0.05, 0.1) is 20.4 Å². The average molecular weight is 294 g/mol. The van der Waals surface area contributed by atoms with Crippen molar-refractivity contribution < 1.29 is 9.34 Å². The van der Waals surface area contributed by atoms with Crippen molar-refractivity contribution in [3.63, 3.8) is 0 Å². The highest BCUT2D eigenvalue weighted by Crippen LogP contribution is 2.37. The highest BCUT2D eigenvalue weighted by molar-refractivity contribution is 6.45. The monoisotopic (exact) mass is 293 g/mol. The number of hydrogen-bond acceptors (Lipinski definition) is 4. The van der Waals surface area contributed by atoms with Crippen LogP contribution < -0.4 is 5.63 Å². The lowest BCUT2D eigenvalue weighted by Gasteiger charge is -2.03. The summed E-state index contributed by atoms with van der Waals surface area (Å²) in [6.45, 7) is 0. The third-order valence-electron chi connectivity index (χ3n) is 2.06. The van der Waals surface area contributed by atoms with Gasteiger partial charge in [0.15, 0.2) is 5.58 Å². The zero-order valence-corrected chi connectivity index (χ0v) is 10.1. The highest BCUT2D eigenvalue weighted by atomic mass is 35.5. The number of halogens is 3. The van der Waals surface area contributed by atoms with Crippen molar-refractivity contribution in [1.29, 1.82) is 0 Å². The number of nitrogens with zero attached hydrogens (tertiary/aromatic N) is 1. The molecule has 0 unspecified atom stereocenters. The van der Waals surface area contributed by atoms with E-state index in [1.807, 2.05) is 0 Å². The fourth-order valence-corrected chi connectivity index (χ4v) is 2.16. The molecule has 0 spiro atoms. The topological polar surface area (TPSA) is 73.3 Å². The van der Waals surface area contributed by atoms with E-state index < -0.39 is 16.2 Å². The molecule has 1 heterocycles. The van der Waals surface area contributed by atoms with Gasteiger partial charge in [0, 0.05) is 0 Å². The van der Waals surface area contributed by atoms with Crippen LogP contribution in [0.3, 0.4) is 0 Å². The molecule has 88 valence electrons. The van der Waals surface area contributed by atoms with E-state index >= 15 is 0 Å². The minimum atomic E-state index is -1.17. The Labute approximate surface area is 109 Å². The van der Waals surface area contributed by atoms with Gasteiger partial charge in [-0.1, -0.05) is 34.8 Å². The summed E-state index contributed by atoms with van der Waals surface area (Å²) in [6.07, 6.45) is 0. The van der Waals surface area contributed by atoms with Crippen LogP contribution in [0.15, 0.2) is 21.3 Å². The predicted molar refractivity (Wildman–Crippen MR) is 64.2 cm³/mol. The summed E-state index contributed by atoms with van der Waals surface area (Å²) in [6, 6.07) is 2.80. The fraction of sp³-hybridized carbons (Fsp3) is 0. The van der Waals surface area contributed by atoms with Crippen LogP contribution in [0, 0.1) is 10.1 Å². The molecule has 1 aromatic carbocycles. The van der Waals surface area contributed by atoms with Crippen molar-refractivity contribution in [2.45, 2.75) is 0 Å². The Balaban J connectivity index is 3.08. The third-order valence-corrected chi connectivity index (χ3v) is 3.04. The van der Waals surface area contributed by atoms with E-state index in [2.05, 4.69) is 0 Å². The van der Waals surface area contributed by atoms with Crippen molar-refractivity contribution in [2.24, 2.45) is 0 Å². The smallest absolute Gasteiger partial charge is 0.416 e. The first kappa shape index (κ1) is 12.2. The number of benzene rings is 1. The van der Waals surface area contributed by atoms with Gasteiger partial charge >= 0.3 is 11.3 Å². The van der Waals surface area contributed by atoms with Crippen LogP contribution in [0.25, 0.3) is 11.0 Å². The SMILES string of the molecule is O=c1oc2c(Cl)ccc(Cl)c2c(Cl)c1[N+](=O)[O-]. The van der Waals surface area contributed by atoms with Crippen LogP contribution in [-0.4, -0.2) is 4.92 Å². The van der Waals surface area contributed by atoms with Crippen LogP contribution in [0.5, 0.6) is 0 Å². The van der Waals surface area contributed by atoms with Crippen molar-refractivity contribution in [1.82, 2.24) is 0 Å². The minimum Gasteiger partial charge on any atom is -0.416 e. The molecule has 8 heteroatoms. The van der Waals surface area contributed by atoms with E-state index in [-0.39, 0.29) is 26.0 Å². The Morgan fingerprint density at radius 2 is 1.76 bits per heavy atom. The second kappa shape index (κ2) is 4.18. The molecule has 5 nitrogen and oxygen atoms in total. The Morgan fingerprint density at radius 1 is 1.18 bits per heavy atom. The lowest BCUT2D eigenvalue weighted by atomic mass is 10.2. The van der Waals surface area contributed by atoms with Crippen molar-refractivity contribution in [3.05, 3.63) is 47.7 Å². The zero-order chi connectivity index (χ0) is 12.7. The van der Waals surface area contributed by atoms with E-state index in [0.717, 1.165) is 0 Å². The first-order valence-corrected chi connectivity index (χ1v) is 5.31. The molecular formula is C9H2Cl3NO4. The Kier molecular flexibility index (Phi) is 2.99. The maximum Gasteiger partial charge on any atom is 0.417 e. The molecule has 0 fully saturated rings. The van der Waals surface area contributed by atoms with E-state index in [1.165, 1.54) is 12.1 Å². The number of fused-ring (bicyclic) bond motifs is 1. The molecule has 0 radical (unpaired) electrons. The van der Waals surface area contributed by atoms with Gasteiger partial charge in [0.1, 0.15) is 5.02 Å². The third kappa shape index (κ3) is 1.86. The molecule has 0 aliphatic rings. The lowest BCUT2D eigenvalue weighted by Crippen LogP contribution is -2.07. The summed E-state index contributed by atoms with van der Waals surface area (Å²) in [7, 11) is 0. The molecule has 0 atom stereocenters. The van der Waals surface area contributed by atoms with Gasteiger partial charge in [-0.25, -0.2) is 4.79 Å². The van der Waals surface area contributed by atoms with E-state index in [4.69, 9.17) is 39.2 Å². The maximum absolute atomic E-state index is 11.4. The van der Waals surface area contributed by atoms with Gasteiger partial charge in [-0.3, -0.25) is 10.1 Å².